The quantitative estimate of drug-likeness (QED) is 0.188. The van der Waals surface area contributed by atoms with E-state index in [2.05, 4.69) is 5.10 Å². The highest BCUT2D eigenvalue weighted by Gasteiger charge is 2.21. The molecule has 0 unspecified atom stereocenters. The second kappa shape index (κ2) is 6.22. The fraction of sp³-hybridized carbons (Fsp3) is 0.200. The first kappa shape index (κ1) is 15.0. The predicted octanol–water partition coefficient (Wildman–Crippen LogP) is -0.270. The highest BCUT2D eigenvalue weighted by atomic mass is 16.6. The Morgan fingerprint density at radius 2 is 1.95 bits per heavy atom. The van der Waals surface area contributed by atoms with Gasteiger partial charge in [0.15, 0.2) is 11.5 Å². The minimum atomic E-state index is -0.645. The van der Waals surface area contributed by atoms with E-state index in [0.717, 1.165) is 6.21 Å². The summed E-state index contributed by atoms with van der Waals surface area (Å²) in [6, 6.07) is 2.57. The second-order valence-electron chi connectivity index (χ2n) is 3.43. The fourth-order valence-electron chi connectivity index (χ4n) is 1.40. The Morgan fingerprint density at radius 1 is 1.30 bits per heavy atom. The van der Waals surface area contributed by atoms with Gasteiger partial charge in [-0.3, -0.25) is 21.6 Å². The van der Waals surface area contributed by atoms with E-state index in [9.17, 15) is 15.3 Å². The Bertz CT molecular complexity index is 580. The molecule has 0 aliphatic carbocycles. The number of rotatable bonds is 5. The molecule has 0 bridgehead atoms. The standard InChI is InChI=1S/C10H13N5O5/c1-19-8-4-3-7(15(17)18)6(9(8)20-2)5-13-14(16)10(11)12/h3-5H,11-12H2,1-2H3. The first-order valence-corrected chi connectivity index (χ1v) is 5.20. The molecule has 0 fully saturated rings. The molecule has 0 saturated heterocycles. The average molecular weight is 283 g/mol. The minimum absolute atomic E-state index is 0.0426. The van der Waals surface area contributed by atoms with Gasteiger partial charge in [-0.15, -0.1) is 9.95 Å². The van der Waals surface area contributed by atoms with Gasteiger partial charge < -0.3 is 14.7 Å². The van der Waals surface area contributed by atoms with E-state index in [1.165, 1.54) is 26.4 Å². The van der Waals surface area contributed by atoms with E-state index in [1.807, 2.05) is 0 Å². The summed E-state index contributed by atoms with van der Waals surface area (Å²) in [5, 5.41) is 25.5. The number of benzene rings is 1. The van der Waals surface area contributed by atoms with Crippen LogP contribution in [0.1, 0.15) is 5.56 Å². The van der Waals surface area contributed by atoms with Crippen molar-refractivity contribution in [3.63, 3.8) is 0 Å². The Kier molecular flexibility index (Phi) is 4.67. The van der Waals surface area contributed by atoms with Gasteiger partial charge in [0.1, 0.15) is 5.56 Å². The molecule has 0 saturated carbocycles. The van der Waals surface area contributed by atoms with Crippen LogP contribution in [0.4, 0.5) is 5.69 Å². The van der Waals surface area contributed by atoms with Crippen molar-refractivity contribution in [1.29, 1.82) is 0 Å². The molecular weight excluding hydrogens is 270 g/mol. The van der Waals surface area contributed by atoms with Gasteiger partial charge >= 0.3 is 5.96 Å². The fourth-order valence-corrected chi connectivity index (χ4v) is 1.40. The van der Waals surface area contributed by atoms with Gasteiger partial charge in [0.2, 0.25) is 0 Å². The molecule has 0 amide bonds. The predicted molar refractivity (Wildman–Crippen MR) is 70.8 cm³/mol. The van der Waals surface area contributed by atoms with Gasteiger partial charge in [-0.2, -0.15) is 0 Å². The molecule has 0 aliphatic heterocycles. The average Bonchev–Trinajstić information content (AvgIpc) is 2.42. The van der Waals surface area contributed by atoms with Gasteiger partial charge in [0, 0.05) is 6.07 Å². The number of hydrazone groups is 1. The van der Waals surface area contributed by atoms with E-state index in [4.69, 9.17) is 20.9 Å². The summed E-state index contributed by atoms with van der Waals surface area (Å²) in [5.74, 6) is -0.290. The van der Waals surface area contributed by atoms with E-state index < -0.39 is 10.9 Å². The van der Waals surface area contributed by atoms with Crippen molar-refractivity contribution in [2.75, 3.05) is 14.2 Å². The van der Waals surface area contributed by atoms with Crippen LogP contribution in [-0.4, -0.2) is 36.2 Å². The summed E-state index contributed by atoms with van der Waals surface area (Å²) in [4.78, 5) is 10.2. The number of ether oxygens (including phenoxy) is 2. The maximum absolute atomic E-state index is 11.1. The molecular formula is C10H13N5O5. The third-order valence-corrected chi connectivity index (χ3v) is 2.27. The smallest absolute Gasteiger partial charge is 0.366 e. The number of methoxy groups -OCH3 is 2. The Morgan fingerprint density at radius 3 is 2.40 bits per heavy atom. The SMILES string of the molecule is COc1ccc([N+](=O)[O-])c(C=N[N+]([O-])=C(N)N)c1OC. The van der Waals surface area contributed by atoms with Crippen LogP contribution in [0.15, 0.2) is 17.2 Å². The minimum Gasteiger partial charge on any atom is -0.722 e. The topological polar surface area (TPSA) is 152 Å². The van der Waals surface area contributed by atoms with Gasteiger partial charge in [-0.1, -0.05) is 0 Å². The van der Waals surface area contributed by atoms with Crippen molar-refractivity contribution >= 4 is 17.9 Å². The van der Waals surface area contributed by atoms with Crippen LogP contribution in [0.3, 0.4) is 0 Å². The number of nitrogens with two attached hydrogens (primary N) is 2. The van der Waals surface area contributed by atoms with Crippen molar-refractivity contribution < 1.29 is 19.2 Å². The normalized spacial score (nSPS) is 10.3. The van der Waals surface area contributed by atoms with Crippen LogP contribution in [0.2, 0.25) is 0 Å². The number of nitrogens with zero attached hydrogens (tertiary/aromatic N) is 3. The first-order chi connectivity index (χ1) is 9.42. The number of nitro groups is 1. The Labute approximate surface area is 113 Å². The molecule has 1 rings (SSSR count). The molecule has 10 heteroatoms. The van der Waals surface area contributed by atoms with E-state index >= 15 is 0 Å². The Balaban J connectivity index is 3.47. The Hall–Kier alpha value is -3.04. The molecule has 4 N–H and O–H groups in total. The molecule has 0 radical (unpaired) electrons. The van der Waals surface area contributed by atoms with Gasteiger partial charge in [0.25, 0.3) is 5.69 Å². The number of nitro benzene ring substituents is 1. The van der Waals surface area contributed by atoms with E-state index in [1.54, 1.807) is 0 Å². The van der Waals surface area contributed by atoms with E-state index in [0.29, 0.717) is 0 Å². The van der Waals surface area contributed by atoms with Crippen molar-refractivity contribution in [3.8, 4) is 11.5 Å². The van der Waals surface area contributed by atoms with Gasteiger partial charge in [0.05, 0.1) is 25.4 Å². The molecule has 1 aromatic carbocycles. The number of guanidine groups is 1. The third kappa shape index (κ3) is 3.04. The van der Waals surface area contributed by atoms with Crippen LogP contribution in [0.25, 0.3) is 0 Å². The van der Waals surface area contributed by atoms with Gasteiger partial charge in [-0.05, 0) is 6.07 Å². The zero-order valence-electron chi connectivity index (χ0n) is 10.8. The van der Waals surface area contributed by atoms with Crippen LogP contribution >= 0.6 is 0 Å². The van der Waals surface area contributed by atoms with Crippen LogP contribution in [-0.2, 0) is 0 Å². The van der Waals surface area contributed by atoms with E-state index in [-0.39, 0.29) is 27.6 Å². The summed E-state index contributed by atoms with van der Waals surface area (Å²) in [6.45, 7) is 0. The summed E-state index contributed by atoms with van der Waals surface area (Å²) in [5.41, 5.74) is 9.71. The van der Waals surface area contributed by atoms with Crippen molar-refractivity contribution in [2.45, 2.75) is 0 Å². The molecule has 10 nitrogen and oxygen atoms in total. The largest absolute Gasteiger partial charge is 0.722 e. The molecule has 108 valence electrons. The molecule has 0 aliphatic rings. The summed E-state index contributed by atoms with van der Waals surface area (Å²) in [7, 11) is 2.67. The van der Waals surface area contributed by atoms with Gasteiger partial charge in [-0.25, -0.2) is 0 Å². The second-order valence-corrected chi connectivity index (χ2v) is 3.43. The zero-order chi connectivity index (χ0) is 15.3. The molecule has 0 spiro atoms. The lowest BCUT2D eigenvalue weighted by Gasteiger charge is -2.10. The summed E-state index contributed by atoms with van der Waals surface area (Å²) < 4.78 is 10.1. The molecule has 20 heavy (non-hydrogen) atoms. The third-order valence-electron chi connectivity index (χ3n) is 2.27. The number of hydrogen-bond acceptors (Lipinski definition) is 6. The summed E-state index contributed by atoms with van der Waals surface area (Å²) in [6.07, 6.45) is 0.923. The van der Waals surface area contributed by atoms with Crippen molar-refractivity contribution in [1.82, 2.24) is 0 Å². The van der Waals surface area contributed by atoms with Crippen LogP contribution < -0.4 is 20.9 Å². The van der Waals surface area contributed by atoms with Crippen molar-refractivity contribution in [3.05, 3.63) is 33.0 Å². The molecule has 0 atom stereocenters. The maximum atomic E-state index is 11.1. The lowest BCUT2D eigenvalue weighted by Crippen LogP contribution is -2.30. The molecule has 1 aromatic rings. The number of hydrogen-bond donors (Lipinski definition) is 2. The monoisotopic (exact) mass is 283 g/mol. The molecule has 0 heterocycles. The lowest BCUT2D eigenvalue weighted by molar-refractivity contribution is -0.464. The maximum Gasteiger partial charge on any atom is 0.366 e. The molecule has 0 aromatic heterocycles. The van der Waals surface area contributed by atoms with Crippen LogP contribution in [0, 0.1) is 15.3 Å². The lowest BCUT2D eigenvalue weighted by atomic mass is 10.1. The van der Waals surface area contributed by atoms with Crippen LogP contribution in [0.5, 0.6) is 11.5 Å². The van der Waals surface area contributed by atoms with Crippen molar-refractivity contribution in [2.24, 2.45) is 16.6 Å². The summed E-state index contributed by atoms with van der Waals surface area (Å²) >= 11 is 0. The first-order valence-electron chi connectivity index (χ1n) is 5.20. The zero-order valence-corrected chi connectivity index (χ0v) is 10.8. The highest BCUT2D eigenvalue weighted by Crippen LogP contribution is 2.35. The highest BCUT2D eigenvalue weighted by molar-refractivity contribution is 5.90.